The summed E-state index contributed by atoms with van der Waals surface area (Å²) in [7, 11) is 0. The summed E-state index contributed by atoms with van der Waals surface area (Å²) in [6.45, 7) is 0. The van der Waals surface area contributed by atoms with Crippen LogP contribution in [0.25, 0.3) is 10.8 Å². The van der Waals surface area contributed by atoms with E-state index >= 15 is 0 Å². The number of phenols is 1. The molecule has 3 rings (SSSR count). The number of hydrazine groups is 1. The van der Waals surface area contributed by atoms with Gasteiger partial charge in [-0.1, -0.05) is 42.5 Å². The number of amides is 3. The maximum atomic E-state index is 12.2. The molecule has 3 aromatic carbocycles. The van der Waals surface area contributed by atoms with E-state index in [1.165, 1.54) is 6.07 Å². The number of nitrogens with one attached hydrogen (secondary N) is 3. The summed E-state index contributed by atoms with van der Waals surface area (Å²) in [5.41, 5.74) is 5.18. The van der Waals surface area contributed by atoms with Crippen LogP contribution in [-0.2, 0) is 0 Å². The van der Waals surface area contributed by atoms with Crippen molar-refractivity contribution in [2.75, 3.05) is 5.32 Å². The minimum Gasteiger partial charge on any atom is -0.507 e. The van der Waals surface area contributed by atoms with Crippen LogP contribution in [0.3, 0.4) is 0 Å². The SMILES string of the molecule is O=C(NNC(=O)c1cc2ccccc2cc1O)Nc1ccccc1. The smallest absolute Gasteiger partial charge is 0.337 e. The number of anilines is 1. The van der Waals surface area contributed by atoms with Gasteiger partial charge in [-0.05, 0) is 35.0 Å². The summed E-state index contributed by atoms with van der Waals surface area (Å²) in [6, 6.07) is 18.7. The zero-order valence-corrected chi connectivity index (χ0v) is 12.6. The van der Waals surface area contributed by atoms with Crippen LogP contribution in [0.5, 0.6) is 5.75 Å². The molecule has 0 aromatic heterocycles. The Kier molecular flexibility index (Phi) is 4.29. The van der Waals surface area contributed by atoms with Gasteiger partial charge in [0, 0.05) is 5.69 Å². The summed E-state index contributed by atoms with van der Waals surface area (Å²) in [6.07, 6.45) is 0. The van der Waals surface area contributed by atoms with E-state index in [9.17, 15) is 14.7 Å². The second-order valence-corrected chi connectivity index (χ2v) is 5.12. The van der Waals surface area contributed by atoms with Gasteiger partial charge >= 0.3 is 6.03 Å². The largest absolute Gasteiger partial charge is 0.507 e. The van der Waals surface area contributed by atoms with E-state index in [-0.39, 0.29) is 11.3 Å². The molecular formula is C18H15N3O3. The van der Waals surface area contributed by atoms with Crippen molar-refractivity contribution in [3.05, 3.63) is 72.3 Å². The third-order valence-corrected chi connectivity index (χ3v) is 3.43. The summed E-state index contributed by atoms with van der Waals surface area (Å²) in [5, 5.41) is 14.2. The van der Waals surface area contributed by atoms with E-state index in [4.69, 9.17) is 0 Å². The van der Waals surface area contributed by atoms with Gasteiger partial charge in [0.25, 0.3) is 5.91 Å². The molecule has 6 nitrogen and oxygen atoms in total. The lowest BCUT2D eigenvalue weighted by molar-refractivity contribution is 0.0935. The van der Waals surface area contributed by atoms with Crippen molar-refractivity contribution >= 4 is 28.4 Å². The molecule has 0 aliphatic heterocycles. The number of aromatic hydroxyl groups is 1. The molecule has 0 saturated heterocycles. The summed E-state index contributed by atoms with van der Waals surface area (Å²) in [5.74, 6) is -0.766. The molecule has 0 spiro atoms. The first-order chi connectivity index (χ1) is 11.6. The highest BCUT2D eigenvalue weighted by Crippen LogP contribution is 2.24. The van der Waals surface area contributed by atoms with Gasteiger partial charge in [-0.25, -0.2) is 10.2 Å². The number of phenolic OH excluding ortho intramolecular Hbond substituents is 1. The number of rotatable bonds is 2. The maximum Gasteiger partial charge on any atom is 0.337 e. The average Bonchev–Trinajstić information content (AvgIpc) is 2.60. The van der Waals surface area contributed by atoms with Gasteiger partial charge < -0.3 is 10.4 Å². The molecule has 0 saturated carbocycles. The van der Waals surface area contributed by atoms with Crippen molar-refractivity contribution in [3.8, 4) is 5.75 Å². The van der Waals surface area contributed by atoms with Gasteiger partial charge in [-0.3, -0.25) is 10.2 Å². The number of para-hydroxylation sites is 1. The van der Waals surface area contributed by atoms with Crippen molar-refractivity contribution in [2.45, 2.75) is 0 Å². The molecule has 6 heteroatoms. The first kappa shape index (κ1) is 15.4. The van der Waals surface area contributed by atoms with Crippen LogP contribution < -0.4 is 16.2 Å². The fraction of sp³-hybridized carbons (Fsp3) is 0. The van der Waals surface area contributed by atoms with E-state index in [1.54, 1.807) is 30.3 Å². The van der Waals surface area contributed by atoms with Gasteiger partial charge in [0.15, 0.2) is 0 Å². The molecule has 0 aliphatic carbocycles. The number of hydrogen-bond acceptors (Lipinski definition) is 3. The number of carbonyl (C=O) groups excluding carboxylic acids is 2. The first-order valence-corrected chi connectivity index (χ1v) is 7.27. The number of benzene rings is 3. The van der Waals surface area contributed by atoms with Crippen LogP contribution in [0, 0.1) is 0 Å². The number of fused-ring (bicyclic) bond motifs is 1. The van der Waals surface area contributed by atoms with Crippen molar-refractivity contribution in [2.24, 2.45) is 0 Å². The molecule has 24 heavy (non-hydrogen) atoms. The molecule has 0 aliphatic rings. The second-order valence-electron chi connectivity index (χ2n) is 5.12. The molecule has 0 unspecified atom stereocenters. The van der Waals surface area contributed by atoms with Gasteiger partial charge in [0.1, 0.15) is 5.75 Å². The van der Waals surface area contributed by atoms with Crippen molar-refractivity contribution in [3.63, 3.8) is 0 Å². The lowest BCUT2D eigenvalue weighted by Gasteiger charge is -2.10. The highest BCUT2D eigenvalue weighted by atomic mass is 16.3. The Bertz CT molecular complexity index is 894. The second kappa shape index (κ2) is 6.70. The molecule has 0 radical (unpaired) electrons. The molecule has 0 atom stereocenters. The van der Waals surface area contributed by atoms with Crippen LogP contribution in [0.2, 0.25) is 0 Å². The van der Waals surface area contributed by atoms with Crippen molar-refractivity contribution < 1.29 is 14.7 Å². The Morgan fingerprint density at radius 1 is 0.792 bits per heavy atom. The molecule has 3 amide bonds. The Labute approximate surface area is 138 Å². The monoisotopic (exact) mass is 321 g/mol. The predicted octanol–water partition coefficient (Wildman–Crippen LogP) is 3.01. The Morgan fingerprint density at radius 2 is 1.42 bits per heavy atom. The molecule has 3 aromatic rings. The van der Waals surface area contributed by atoms with Gasteiger partial charge in [-0.15, -0.1) is 0 Å². The number of urea groups is 1. The quantitative estimate of drug-likeness (QED) is 0.547. The minimum absolute atomic E-state index is 0.0775. The fourth-order valence-corrected chi connectivity index (χ4v) is 2.27. The number of carbonyl (C=O) groups is 2. The van der Waals surface area contributed by atoms with Gasteiger partial charge in [0.05, 0.1) is 5.56 Å². The summed E-state index contributed by atoms with van der Waals surface area (Å²) in [4.78, 5) is 23.9. The Hall–Kier alpha value is -3.54. The van der Waals surface area contributed by atoms with E-state index in [1.807, 2.05) is 30.3 Å². The third-order valence-electron chi connectivity index (χ3n) is 3.43. The molecule has 0 bridgehead atoms. The first-order valence-electron chi connectivity index (χ1n) is 7.27. The van der Waals surface area contributed by atoms with Crippen molar-refractivity contribution in [1.82, 2.24) is 10.9 Å². The van der Waals surface area contributed by atoms with E-state index in [0.29, 0.717) is 5.69 Å². The summed E-state index contributed by atoms with van der Waals surface area (Å²) < 4.78 is 0. The highest BCUT2D eigenvalue weighted by molar-refractivity contribution is 6.02. The van der Waals surface area contributed by atoms with E-state index in [2.05, 4.69) is 16.2 Å². The third kappa shape index (κ3) is 3.44. The fourth-order valence-electron chi connectivity index (χ4n) is 2.27. The van der Waals surface area contributed by atoms with Crippen LogP contribution in [-0.4, -0.2) is 17.0 Å². The molecular weight excluding hydrogens is 306 g/mol. The van der Waals surface area contributed by atoms with Crippen LogP contribution in [0.4, 0.5) is 10.5 Å². The molecule has 120 valence electrons. The average molecular weight is 321 g/mol. The van der Waals surface area contributed by atoms with Crippen LogP contribution >= 0.6 is 0 Å². The minimum atomic E-state index is -0.610. The zero-order valence-electron chi connectivity index (χ0n) is 12.6. The Morgan fingerprint density at radius 3 is 2.12 bits per heavy atom. The van der Waals surface area contributed by atoms with Crippen LogP contribution in [0.15, 0.2) is 66.7 Å². The maximum absolute atomic E-state index is 12.2. The molecule has 4 N–H and O–H groups in total. The highest BCUT2D eigenvalue weighted by Gasteiger charge is 2.13. The summed E-state index contributed by atoms with van der Waals surface area (Å²) >= 11 is 0. The van der Waals surface area contributed by atoms with E-state index < -0.39 is 11.9 Å². The molecule has 0 fully saturated rings. The predicted molar refractivity (Wildman–Crippen MR) is 91.7 cm³/mol. The van der Waals surface area contributed by atoms with Crippen LogP contribution in [0.1, 0.15) is 10.4 Å². The normalized spacial score (nSPS) is 10.2. The standard InChI is InChI=1S/C18H15N3O3/c22-16-11-13-7-5-4-6-12(13)10-15(16)17(23)20-21-18(24)19-14-8-2-1-3-9-14/h1-11,22H,(H,20,23)(H2,19,21,24). The van der Waals surface area contributed by atoms with Gasteiger partial charge in [0.2, 0.25) is 0 Å². The lowest BCUT2D eigenvalue weighted by Crippen LogP contribution is -2.43. The van der Waals surface area contributed by atoms with E-state index in [0.717, 1.165) is 10.8 Å². The van der Waals surface area contributed by atoms with Crippen molar-refractivity contribution in [1.29, 1.82) is 0 Å². The lowest BCUT2D eigenvalue weighted by atomic mass is 10.1. The topological polar surface area (TPSA) is 90.5 Å². The Balaban J connectivity index is 1.67. The molecule has 0 heterocycles. The van der Waals surface area contributed by atoms with Gasteiger partial charge in [-0.2, -0.15) is 0 Å². The number of hydrogen-bond donors (Lipinski definition) is 4. The zero-order chi connectivity index (χ0) is 16.9.